The molecule has 0 radical (unpaired) electrons. The van der Waals surface area contributed by atoms with Crippen LogP contribution in [0.4, 0.5) is 14.9 Å². The molecule has 1 unspecified atom stereocenters. The summed E-state index contributed by atoms with van der Waals surface area (Å²) in [5.74, 6) is -1.64. The van der Waals surface area contributed by atoms with Crippen molar-refractivity contribution in [3.05, 3.63) is 28.5 Å². The first-order valence-electron chi connectivity index (χ1n) is 6.12. The van der Waals surface area contributed by atoms with Crippen molar-refractivity contribution in [3.8, 4) is 0 Å². The fourth-order valence-electron chi connectivity index (χ4n) is 2.30. The maximum Gasteiger partial charge on any atom is 0.329 e. The van der Waals surface area contributed by atoms with Gasteiger partial charge in [-0.2, -0.15) is 0 Å². The second-order valence-electron chi connectivity index (χ2n) is 4.86. The average molecular weight is 345 g/mol. The molecule has 2 rings (SSSR count). The summed E-state index contributed by atoms with van der Waals surface area (Å²) in [6, 6.07) is 3.71. The zero-order valence-corrected chi connectivity index (χ0v) is 12.4. The Morgan fingerprint density at radius 2 is 2.20 bits per heavy atom. The van der Waals surface area contributed by atoms with Crippen LogP contribution >= 0.6 is 15.9 Å². The van der Waals surface area contributed by atoms with Crippen LogP contribution in [0.25, 0.3) is 0 Å². The van der Waals surface area contributed by atoms with Gasteiger partial charge in [-0.1, -0.05) is 6.07 Å². The van der Waals surface area contributed by atoms with Crippen LogP contribution in [0.15, 0.2) is 22.7 Å². The van der Waals surface area contributed by atoms with Crippen molar-refractivity contribution in [1.29, 1.82) is 0 Å². The first-order valence-corrected chi connectivity index (χ1v) is 6.91. The Morgan fingerprint density at radius 1 is 1.50 bits per heavy atom. The molecule has 108 valence electrons. The number of likely N-dealkylation sites (tertiary alicyclic amines) is 1. The number of hydrogen-bond acceptors (Lipinski definition) is 2. The number of hydrogen-bond donors (Lipinski definition) is 2. The van der Waals surface area contributed by atoms with Crippen molar-refractivity contribution in [1.82, 2.24) is 4.90 Å². The highest BCUT2D eigenvalue weighted by Crippen LogP contribution is 2.31. The van der Waals surface area contributed by atoms with Crippen molar-refractivity contribution in [2.75, 3.05) is 11.9 Å². The van der Waals surface area contributed by atoms with Crippen molar-refractivity contribution in [2.45, 2.75) is 25.3 Å². The second-order valence-corrected chi connectivity index (χ2v) is 5.72. The number of carboxylic acid groups (broad SMARTS) is 1. The topological polar surface area (TPSA) is 69.6 Å². The second kappa shape index (κ2) is 5.40. The molecule has 20 heavy (non-hydrogen) atoms. The smallest absolute Gasteiger partial charge is 0.329 e. The lowest BCUT2D eigenvalue weighted by molar-refractivity contribution is -0.146. The van der Waals surface area contributed by atoms with Gasteiger partial charge in [0.05, 0.1) is 5.69 Å². The summed E-state index contributed by atoms with van der Waals surface area (Å²) in [5.41, 5.74) is -1.24. The molecule has 1 atom stereocenters. The Balaban J connectivity index is 2.23. The van der Waals surface area contributed by atoms with E-state index in [9.17, 15) is 19.1 Å². The van der Waals surface area contributed by atoms with Crippen LogP contribution in [0.1, 0.15) is 19.8 Å². The predicted octanol–water partition coefficient (Wildman–Crippen LogP) is 3.06. The number of carboxylic acids is 1. The van der Waals surface area contributed by atoms with E-state index in [1.54, 1.807) is 6.07 Å². The number of urea groups is 1. The van der Waals surface area contributed by atoms with Crippen LogP contribution in [0.2, 0.25) is 0 Å². The lowest BCUT2D eigenvalue weighted by Crippen LogP contribution is -2.52. The average Bonchev–Trinajstić information content (AvgIpc) is 2.77. The van der Waals surface area contributed by atoms with E-state index in [1.165, 1.54) is 24.0 Å². The minimum Gasteiger partial charge on any atom is -0.480 e. The highest BCUT2D eigenvalue weighted by molar-refractivity contribution is 9.10. The highest BCUT2D eigenvalue weighted by Gasteiger charge is 2.46. The zero-order valence-electron chi connectivity index (χ0n) is 10.8. The quantitative estimate of drug-likeness (QED) is 0.866. The molecule has 5 nitrogen and oxygen atoms in total. The summed E-state index contributed by atoms with van der Waals surface area (Å²) in [4.78, 5) is 24.8. The van der Waals surface area contributed by atoms with E-state index in [0.717, 1.165) is 0 Å². The SMILES string of the molecule is CC1(C(=O)O)CCCN1C(=O)Nc1c(F)cccc1Br. The Bertz CT molecular complexity index is 546. The van der Waals surface area contributed by atoms with Gasteiger partial charge in [-0.3, -0.25) is 0 Å². The largest absolute Gasteiger partial charge is 0.480 e. The number of para-hydroxylation sites is 1. The number of rotatable bonds is 2. The zero-order chi connectivity index (χ0) is 14.9. The summed E-state index contributed by atoms with van der Waals surface area (Å²) in [6.45, 7) is 1.83. The molecule has 1 saturated heterocycles. The molecule has 1 aromatic carbocycles. The molecule has 1 heterocycles. The van der Waals surface area contributed by atoms with Gasteiger partial charge < -0.3 is 15.3 Å². The number of benzene rings is 1. The fourth-order valence-corrected chi connectivity index (χ4v) is 2.74. The lowest BCUT2D eigenvalue weighted by atomic mass is 10.00. The van der Waals surface area contributed by atoms with Crippen molar-refractivity contribution >= 4 is 33.6 Å². The van der Waals surface area contributed by atoms with Gasteiger partial charge in [0.15, 0.2) is 0 Å². The number of anilines is 1. The van der Waals surface area contributed by atoms with E-state index in [-0.39, 0.29) is 5.69 Å². The van der Waals surface area contributed by atoms with Crippen LogP contribution in [0.5, 0.6) is 0 Å². The number of halogens is 2. The highest BCUT2D eigenvalue weighted by atomic mass is 79.9. The van der Waals surface area contributed by atoms with Gasteiger partial charge in [0, 0.05) is 11.0 Å². The third kappa shape index (κ3) is 2.49. The molecular formula is C13H14BrFN2O3. The minimum absolute atomic E-state index is 0.0112. The van der Waals surface area contributed by atoms with Crippen molar-refractivity contribution in [3.63, 3.8) is 0 Å². The van der Waals surface area contributed by atoms with E-state index in [1.807, 2.05) is 0 Å². The number of amides is 2. The number of carbonyl (C=O) groups is 2. The van der Waals surface area contributed by atoms with Crippen LogP contribution < -0.4 is 5.32 Å². The Hall–Kier alpha value is -1.63. The molecule has 1 aliphatic heterocycles. The van der Waals surface area contributed by atoms with Crippen molar-refractivity contribution in [2.24, 2.45) is 0 Å². The molecule has 0 bridgehead atoms. The van der Waals surface area contributed by atoms with E-state index in [2.05, 4.69) is 21.2 Å². The summed E-state index contributed by atoms with van der Waals surface area (Å²) < 4.78 is 14.1. The fraction of sp³-hybridized carbons (Fsp3) is 0.385. The molecule has 7 heteroatoms. The molecule has 0 spiro atoms. The molecule has 2 N–H and O–H groups in total. The van der Waals surface area contributed by atoms with Gasteiger partial charge in [-0.15, -0.1) is 0 Å². The van der Waals surface area contributed by atoms with Gasteiger partial charge in [-0.25, -0.2) is 14.0 Å². The number of aliphatic carboxylic acids is 1. The summed E-state index contributed by atoms with van der Waals surface area (Å²) in [5, 5.41) is 11.7. The molecule has 0 aliphatic carbocycles. The standard InChI is InChI=1S/C13H14BrFN2O3/c1-13(11(18)19)6-3-7-17(13)12(20)16-10-8(14)4-2-5-9(10)15/h2,4-5H,3,6-7H2,1H3,(H,16,20)(H,18,19). The van der Waals surface area contributed by atoms with E-state index >= 15 is 0 Å². The third-order valence-electron chi connectivity index (χ3n) is 3.54. The predicted molar refractivity (Wildman–Crippen MR) is 75.1 cm³/mol. The maximum absolute atomic E-state index is 13.7. The Morgan fingerprint density at radius 3 is 2.80 bits per heavy atom. The van der Waals surface area contributed by atoms with E-state index in [0.29, 0.717) is 23.9 Å². The van der Waals surface area contributed by atoms with Crippen LogP contribution in [-0.2, 0) is 4.79 Å². The van der Waals surface area contributed by atoms with Crippen LogP contribution in [0.3, 0.4) is 0 Å². The van der Waals surface area contributed by atoms with E-state index in [4.69, 9.17) is 0 Å². The lowest BCUT2D eigenvalue weighted by Gasteiger charge is -2.31. The molecule has 0 saturated carbocycles. The van der Waals surface area contributed by atoms with Crippen LogP contribution in [-0.4, -0.2) is 34.1 Å². The first kappa shape index (κ1) is 14.8. The van der Waals surface area contributed by atoms with Crippen LogP contribution in [0, 0.1) is 5.82 Å². The molecule has 1 aliphatic rings. The number of carbonyl (C=O) groups excluding carboxylic acids is 1. The summed E-state index contributed by atoms with van der Waals surface area (Å²) >= 11 is 3.15. The van der Waals surface area contributed by atoms with Gasteiger partial charge in [0.2, 0.25) is 0 Å². The number of nitrogens with one attached hydrogen (secondary N) is 1. The van der Waals surface area contributed by atoms with E-state index < -0.39 is 23.4 Å². The normalized spacial score (nSPS) is 21.9. The Kier molecular flexibility index (Phi) is 3.99. The minimum atomic E-state index is -1.25. The Labute approximate surface area is 123 Å². The third-order valence-corrected chi connectivity index (χ3v) is 4.20. The molecule has 2 amide bonds. The van der Waals surface area contributed by atoms with Gasteiger partial charge in [0.1, 0.15) is 11.4 Å². The first-order chi connectivity index (χ1) is 9.36. The molecule has 1 aromatic rings. The molecule has 0 aromatic heterocycles. The monoisotopic (exact) mass is 344 g/mol. The molecular weight excluding hydrogens is 331 g/mol. The maximum atomic E-state index is 13.7. The summed E-state index contributed by atoms with van der Waals surface area (Å²) in [7, 11) is 0. The number of nitrogens with zero attached hydrogens (tertiary/aromatic N) is 1. The van der Waals surface area contributed by atoms with Gasteiger partial charge >= 0.3 is 12.0 Å². The summed E-state index contributed by atoms with van der Waals surface area (Å²) in [6.07, 6.45) is 0.989. The van der Waals surface area contributed by atoms with Gasteiger partial charge in [0.25, 0.3) is 0 Å². The molecule has 1 fully saturated rings. The van der Waals surface area contributed by atoms with Gasteiger partial charge in [-0.05, 0) is 47.8 Å². The van der Waals surface area contributed by atoms with Crippen molar-refractivity contribution < 1.29 is 19.1 Å².